The van der Waals surface area contributed by atoms with Crippen molar-refractivity contribution in [1.29, 1.82) is 0 Å². The topological polar surface area (TPSA) is 94.6 Å². The zero-order chi connectivity index (χ0) is 28.3. The van der Waals surface area contributed by atoms with E-state index in [2.05, 4.69) is 20.5 Å². The van der Waals surface area contributed by atoms with Crippen LogP contribution in [0.4, 0.5) is 13.2 Å². The summed E-state index contributed by atoms with van der Waals surface area (Å²) in [6.45, 7) is 1.66. The van der Waals surface area contributed by atoms with Gasteiger partial charge in [0.15, 0.2) is 0 Å². The first-order valence-electron chi connectivity index (χ1n) is 13.9. The molecule has 1 saturated carbocycles. The summed E-state index contributed by atoms with van der Waals surface area (Å²) in [5.41, 5.74) is -0.197. The largest absolute Gasteiger partial charge is 0.416 e. The number of nitrogens with zero attached hydrogens (tertiary/aromatic N) is 3. The third kappa shape index (κ3) is 6.29. The highest BCUT2D eigenvalue weighted by atomic mass is 19.4. The molecule has 2 saturated heterocycles. The molecule has 5 rings (SSSR count). The molecule has 1 aromatic carbocycles. The van der Waals surface area contributed by atoms with E-state index in [1.54, 1.807) is 6.20 Å². The van der Waals surface area contributed by atoms with Gasteiger partial charge in [-0.1, -0.05) is 12.1 Å². The van der Waals surface area contributed by atoms with Crippen LogP contribution in [-0.4, -0.2) is 70.3 Å². The van der Waals surface area contributed by atoms with Gasteiger partial charge in [0.05, 0.1) is 24.3 Å². The van der Waals surface area contributed by atoms with Crippen LogP contribution in [0.3, 0.4) is 0 Å². The van der Waals surface area contributed by atoms with Gasteiger partial charge in [-0.3, -0.25) is 24.3 Å². The van der Waals surface area contributed by atoms with Gasteiger partial charge in [0.25, 0.3) is 5.91 Å². The minimum atomic E-state index is -4.54. The lowest BCUT2D eigenvalue weighted by Crippen LogP contribution is -2.47. The Balaban J connectivity index is 1.08. The van der Waals surface area contributed by atoms with Crippen molar-refractivity contribution in [1.82, 2.24) is 25.4 Å². The summed E-state index contributed by atoms with van der Waals surface area (Å²) < 4.78 is 38.9. The van der Waals surface area contributed by atoms with Gasteiger partial charge in [-0.05, 0) is 68.9 Å². The Labute approximate surface area is 231 Å². The second-order valence-corrected chi connectivity index (χ2v) is 10.8. The number of carbonyl (C=O) groups is 3. The maximum Gasteiger partial charge on any atom is 0.416 e. The van der Waals surface area contributed by atoms with Crippen molar-refractivity contribution in [3.8, 4) is 0 Å². The zero-order valence-electron chi connectivity index (χ0n) is 22.2. The van der Waals surface area contributed by atoms with Crippen LogP contribution < -0.4 is 10.6 Å². The number of aromatic nitrogens is 1. The maximum absolute atomic E-state index is 13.0. The highest BCUT2D eigenvalue weighted by Crippen LogP contribution is 2.38. The molecule has 3 aliphatic rings. The van der Waals surface area contributed by atoms with E-state index >= 15 is 0 Å². The average Bonchev–Trinajstić information content (AvgIpc) is 3.57. The van der Waals surface area contributed by atoms with Gasteiger partial charge in [-0.2, -0.15) is 13.2 Å². The predicted octanol–water partition coefficient (Wildman–Crippen LogP) is 3.38. The van der Waals surface area contributed by atoms with Crippen LogP contribution in [-0.2, 0) is 22.3 Å². The number of likely N-dealkylation sites (tertiary alicyclic amines) is 2. The molecule has 1 aliphatic carbocycles. The van der Waals surface area contributed by atoms with Crippen molar-refractivity contribution in [2.24, 2.45) is 5.92 Å². The number of alkyl halides is 3. The van der Waals surface area contributed by atoms with Gasteiger partial charge in [-0.25, -0.2) is 0 Å². The van der Waals surface area contributed by atoms with E-state index in [-0.39, 0.29) is 41.9 Å². The first kappa shape index (κ1) is 28.1. The van der Waals surface area contributed by atoms with E-state index in [0.29, 0.717) is 19.1 Å². The van der Waals surface area contributed by atoms with Crippen molar-refractivity contribution >= 4 is 17.7 Å². The molecule has 3 amide bonds. The molecule has 3 heterocycles. The fourth-order valence-electron chi connectivity index (χ4n) is 6.47. The normalized spacial score (nSPS) is 24.9. The molecule has 40 heavy (non-hydrogen) atoms. The highest BCUT2D eigenvalue weighted by molar-refractivity contribution is 5.96. The Hall–Kier alpha value is -3.47. The van der Waals surface area contributed by atoms with Crippen molar-refractivity contribution < 1.29 is 27.6 Å². The fraction of sp³-hybridized carbons (Fsp3) is 0.517. The third-order valence-electron chi connectivity index (χ3n) is 8.50. The Bertz CT molecular complexity index is 1220. The average molecular weight is 558 g/mol. The highest BCUT2D eigenvalue weighted by Gasteiger charge is 2.47. The predicted molar refractivity (Wildman–Crippen MR) is 141 cm³/mol. The molecule has 11 heteroatoms. The molecule has 214 valence electrons. The number of benzene rings is 1. The first-order valence-corrected chi connectivity index (χ1v) is 13.9. The SMILES string of the molecule is O=C(NCC(=O)N1CC[C@H]2[C@@H]1CCN2C1CCC(C(=O)NCc2ccccn2)CC1)c1cccc(C(F)(F)F)c1. The molecular formula is C29H34F3N5O3. The molecule has 0 radical (unpaired) electrons. The monoisotopic (exact) mass is 557 g/mol. The third-order valence-corrected chi connectivity index (χ3v) is 8.50. The molecule has 8 nitrogen and oxygen atoms in total. The van der Waals surface area contributed by atoms with Crippen LogP contribution in [0.2, 0.25) is 0 Å². The van der Waals surface area contributed by atoms with Gasteiger partial charge >= 0.3 is 6.18 Å². The number of pyridine rings is 1. The number of carbonyl (C=O) groups excluding carboxylic acids is 3. The van der Waals surface area contributed by atoms with E-state index in [1.807, 2.05) is 23.1 Å². The number of amides is 3. The lowest BCUT2D eigenvalue weighted by Gasteiger charge is -2.37. The minimum absolute atomic E-state index is 0.000420. The maximum atomic E-state index is 13.0. The number of nitrogens with one attached hydrogen (secondary N) is 2. The van der Waals surface area contributed by atoms with E-state index in [0.717, 1.165) is 62.9 Å². The van der Waals surface area contributed by atoms with E-state index in [9.17, 15) is 27.6 Å². The fourth-order valence-corrected chi connectivity index (χ4v) is 6.47. The summed E-state index contributed by atoms with van der Waals surface area (Å²) in [5, 5.41) is 5.50. The van der Waals surface area contributed by atoms with E-state index < -0.39 is 17.6 Å². The molecule has 0 unspecified atom stereocenters. The Morgan fingerprint density at radius 1 is 0.900 bits per heavy atom. The van der Waals surface area contributed by atoms with E-state index in [4.69, 9.17) is 0 Å². The quantitative estimate of drug-likeness (QED) is 0.545. The molecule has 1 aromatic heterocycles. The zero-order valence-corrected chi connectivity index (χ0v) is 22.2. The minimum Gasteiger partial charge on any atom is -0.350 e. The molecule has 0 bridgehead atoms. The number of hydrogen-bond donors (Lipinski definition) is 2. The summed E-state index contributed by atoms with van der Waals surface area (Å²) in [5.74, 6) is -0.847. The molecule has 2 aliphatic heterocycles. The van der Waals surface area contributed by atoms with Gasteiger partial charge in [-0.15, -0.1) is 0 Å². The van der Waals surface area contributed by atoms with Crippen LogP contribution >= 0.6 is 0 Å². The number of halogens is 3. The summed E-state index contributed by atoms with van der Waals surface area (Å²) in [7, 11) is 0. The van der Waals surface area contributed by atoms with Crippen molar-refractivity contribution in [3.05, 3.63) is 65.5 Å². The molecular weight excluding hydrogens is 523 g/mol. The van der Waals surface area contributed by atoms with Crippen molar-refractivity contribution in [2.75, 3.05) is 19.6 Å². The first-order chi connectivity index (χ1) is 19.2. The van der Waals surface area contributed by atoms with Gasteiger partial charge in [0, 0.05) is 48.9 Å². The summed E-state index contributed by atoms with van der Waals surface area (Å²) in [6, 6.07) is 10.5. The van der Waals surface area contributed by atoms with Gasteiger partial charge in [0.1, 0.15) is 0 Å². The van der Waals surface area contributed by atoms with Gasteiger partial charge < -0.3 is 15.5 Å². The van der Waals surface area contributed by atoms with Crippen molar-refractivity contribution in [3.63, 3.8) is 0 Å². The van der Waals surface area contributed by atoms with Crippen LogP contribution in [0.15, 0.2) is 48.7 Å². The number of fused-ring (bicyclic) bond motifs is 1. The molecule has 0 spiro atoms. The molecule has 2 N–H and O–H groups in total. The molecule has 2 atom stereocenters. The molecule has 2 aromatic rings. The van der Waals surface area contributed by atoms with Crippen molar-refractivity contribution in [2.45, 2.75) is 69.4 Å². The summed E-state index contributed by atoms with van der Waals surface area (Å²) in [4.78, 5) is 46.7. The number of hydrogen-bond acceptors (Lipinski definition) is 5. The summed E-state index contributed by atoms with van der Waals surface area (Å²) >= 11 is 0. The van der Waals surface area contributed by atoms with Crippen LogP contribution in [0, 0.1) is 5.92 Å². The second kappa shape index (κ2) is 12.0. The standard InChI is InChI=1S/C29H34F3N5O3/c30-29(31,32)21-5-3-4-20(16-21)28(40)35-18-26(38)37-15-12-24-25(37)11-14-36(24)23-9-7-19(8-10-23)27(39)34-17-22-6-1-2-13-33-22/h1-6,13,16,19,23-25H,7-12,14-15,17-18H2,(H,34,39)(H,35,40)/t19?,23?,24-,25-/m0/s1. The Morgan fingerprint density at radius 3 is 2.40 bits per heavy atom. The Morgan fingerprint density at radius 2 is 1.68 bits per heavy atom. The second-order valence-electron chi connectivity index (χ2n) is 10.8. The lowest BCUT2D eigenvalue weighted by molar-refractivity contribution is -0.137. The van der Waals surface area contributed by atoms with Crippen LogP contribution in [0.1, 0.15) is 60.1 Å². The lowest BCUT2D eigenvalue weighted by atomic mass is 9.84. The smallest absolute Gasteiger partial charge is 0.350 e. The van der Waals surface area contributed by atoms with Crippen LogP contribution in [0.25, 0.3) is 0 Å². The van der Waals surface area contributed by atoms with Gasteiger partial charge in [0.2, 0.25) is 11.8 Å². The summed E-state index contributed by atoms with van der Waals surface area (Å²) in [6.07, 6.45) is 2.40. The van der Waals surface area contributed by atoms with E-state index in [1.165, 1.54) is 12.1 Å². The van der Waals surface area contributed by atoms with Crippen LogP contribution in [0.5, 0.6) is 0 Å². The molecule has 3 fully saturated rings. The number of rotatable bonds is 7. The Kier molecular flexibility index (Phi) is 8.39.